The van der Waals surface area contributed by atoms with E-state index in [1.54, 1.807) is 0 Å². The van der Waals surface area contributed by atoms with Crippen molar-refractivity contribution < 1.29 is 0 Å². The summed E-state index contributed by atoms with van der Waals surface area (Å²) in [6.07, 6.45) is 15.0. The fourth-order valence-electron chi connectivity index (χ4n) is 12.0. The molecule has 1 heteroatoms. The Morgan fingerprint density at radius 1 is 0.471 bits per heavy atom. The highest BCUT2D eigenvalue weighted by Crippen LogP contribution is 2.51. The SMILES string of the molecule is C/C=c1/c(-c2c3ccccc3c(-c3ccc(C4=CCC(c5ccc6c(C7C=c8ccccc8=CC7)c7ccccc7c(-c7ccc8ccccc8c7)c6c5)S4)cc3)c3ccccc23)ccc/c1=C/CC. The molecule has 0 aromatic heterocycles. The van der Waals surface area contributed by atoms with E-state index in [-0.39, 0.29) is 5.92 Å². The summed E-state index contributed by atoms with van der Waals surface area (Å²) in [5.41, 5.74) is 11.8. The predicted octanol–water partition coefficient (Wildman–Crippen LogP) is 16.4. The Kier molecular flexibility index (Phi) is 10.7. The van der Waals surface area contributed by atoms with Crippen LogP contribution in [0.1, 0.15) is 61.0 Å². The zero-order chi connectivity index (χ0) is 46.7. The second-order valence-corrected chi connectivity index (χ2v) is 20.3. The van der Waals surface area contributed by atoms with Crippen LogP contribution in [0.4, 0.5) is 0 Å². The Morgan fingerprint density at radius 3 is 1.80 bits per heavy atom. The van der Waals surface area contributed by atoms with Crippen molar-refractivity contribution in [1.82, 2.24) is 0 Å². The first-order valence-electron chi connectivity index (χ1n) is 25.0. The van der Waals surface area contributed by atoms with Gasteiger partial charge in [-0.2, -0.15) is 0 Å². The molecular weight excluding hydrogens is 861 g/mol. The van der Waals surface area contributed by atoms with E-state index in [9.17, 15) is 0 Å². The van der Waals surface area contributed by atoms with Crippen LogP contribution >= 0.6 is 11.8 Å². The van der Waals surface area contributed by atoms with Crippen LogP contribution in [0.5, 0.6) is 0 Å². The van der Waals surface area contributed by atoms with Gasteiger partial charge in [0.05, 0.1) is 0 Å². The molecule has 0 fully saturated rings. The van der Waals surface area contributed by atoms with Gasteiger partial charge in [-0.1, -0.05) is 225 Å². The summed E-state index contributed by atoms with van der Waals surface area (Å²) in [6, 6.07) is 75.5. The van der Waals surface area contributed by atoms with Crippen LogP contribution < -0.4 is 20.9 Å². The van der Waals surface area contributed by atoms with Crippen LogP contribution in [0.15, 0.2) is 206 Å². The minimum absolute atomic E-state index is 0.277. The number of hydrogen-bond donors (Lipinski definition) is 0. The molecule has 11 aromatic rings. The number of fused-ring (bicyclic) bond motifs is 6. The first-order chi connectivity index (χ1) is 34.6. The Bertz CT molecular complexity index is 4150. The van der Waals surface area contributed by atoms with Crippen molar-refractivity contribution in [3.63, 3.8) is 0 Å². The molecular formula is C69H52S. The molecule has 1 aliphatic carbocycles. The van der Waals surface area contributed by atoms with E-state index in [2.05, 4.69) is 244 Å². The monoisotopic (exact) mass is 912 g/mol. The van der Waals surface area contributed by atoms with Crippen molar-refractivity contribution in [3.05, 3.63) is 244 Å². The first kappa shape index (κ1) is 42.4. The second-order valence-electron chi connectivity index (χ2n) is 19.1. The molecule has 70 heavy (non-hydrogen) atoms. The summed E-state index contributed by atoms with van der Waals surface area (Å²) >= 11 is 2.02. The van der Waals surface area contributed by atoms with Crippen molar-refractivity contribution in [2.24, 2.45) is 0 Å². The van der Waals surface area contributed by atoms with Crippen LogP contribution in [0, 0.1) is 0 Å². The van der Waals surface area contributed by atoms with Gasteiger partial charge in [-0.25, -0.2) is 0 Å². The third kappa shape index (κ3) is 7.14. The van der Waals surface area contributed by atoms with E-state index >= 15 is 0 Å². The number of benzene rings is 11. The number of rotatable bonds is 7. The summed E-state index contributed by atoms with van der Waals surface area (Å²) in [6.45, 7) is 4.39. The average Bonchev–Trinajstić information content (AvgIpc) is 3.92. The van der Waals surface area contributed by atoms with Crippen LogP contribution in [0.3, 0.4) is 0 Å². The maximum atomic E-state index is 2.55. The van der Waals surface area contributed by atoms with Crippen molar-refractivity contribution in [1.29, 1.82) is 0 Å². The van der Waals surface area contributed by atoms with Gasteiger partial charge in [-0.15, -0.1) is 11.8 Å². The molecule has 2 atom stereocenters. The quantitative estimate of drug-likeness (QED) is 0.144. The molecule has 334 valence electrons. The average molecular weight is 913 g/mol. The van der Waals surface area contributed by atoms with Crippen LogP contribution in [-0.2, 0) is 0 Å². The number of hydrogen-bond acceptors (Lipinski definition) is 1. The minimum Gasteiger partial charge on any atom is -0.117 e. The van der Waals surface area contributed by atoms with Crippen molar-refractivity contribution in [2.45, 2.75) is 44.3 Å². The van der Waals surface area contributed by atoms with Crippen LogP contribution in [-0.4, -0.2) is 0 Å². The Morgan fingerprint density at radius 2 is 1.07 bits per heavy atom. The van der Waals surface area contributed by atoms with Gasteiger partial charge in [0.1, 0.15) is 0 Å². The zero-order valence-corrected chi connectivity index (χ0v) is 40.4. The van der Waals surface area contributed by atoms with Gasteiger partial charge in [-0.3, -0.25) is 0 Å². The van der Waals surface area contributed by atoms with E-state index in [0.29, 0.717) is 5.25 Å². The van der Waals surface area contributed by atoms with Gasteiger partial charge < -0.3 is 0 Å². The summed E-state index contributed by atoms with van der Waals surface area (Å²) in [7, 11) is 0. The van der Waals surface area contributed by atoms with Gasteiger partial charge in [0.2, 0.25) is 0 Å². The molecule has 2 unspecified atom stereocenters. The fraction of sp³-hybridized carbons (Fsp3) is 0.101. The van der Waals surface area contributed by atoms with Crippen LogP contribution in [0.25, 0.3) is 116 Å². The normalized spacial score (nSPS) is 16.2. The minimum atomic E-state index is 0.277. The van der Waals surface area contributed by atoms with E-state index in [0.717, 1.165) is 19.3 Å². The van der Waals surface area contributed by atoms with E-state index < -0.39 is 0 Å². The van der Waals surface area contributed by atoms with E-state index in [1.165, 1.54) is 130 Å². The third-order valence-electron chi connectivity index (χ3n) is 15.1. The molecule has 0 bridgehead atoms. The van der Waals surface area contributed by atoms with E-state index in [4.69, 9.17) is 0 Å². The largest absolute Gasteiger partial charge is 0.117 e. The number of thioether (sulfide) groups is 1. The highest BCUT2D eigenvalue weighted by molar-refractivity contribution is 8.08. The van der Waals surface area contributed by atoms with Crippen LogP contribution in [0.2, 0.25) is 0 Å². The smallest absolute Gasteiger partial charge is 0.0379 e. The molecule has 0 N–H and O–H groups in total. The molecule has 0 nitrogen and oxygen atoms in total. The molecule has 1 heterocycles. The molecule has 0 saturated heterocycles. The van der Waals surface area contributed by atoms with Crippen molar-refractivity contribution in [2.75, 3.05) is 0 Å². The highest BCUT2D eigenvalue weighted by atomic mass is 32.2. The van der Waals surface area contributed by atoms with Gasteiger partial charge in [0, 0.05) is 16.1 Å². The summed E-state index contributed by atoms with van der Waals surface area (Å²) in [4.78, 5) is 1.36. The number of allylic oxidation sites excluding steroid dienone is 1. The molecule has 1 aliphatic heterocycles. The third-order valence-corrected chi connectivity index (χ3v) is 16.5. The summed E-state index contributed by atoms with van der Waals surface area (Å²) in [5, 5.41) is 18.6. The first-order valence-corrected chi connectivity index (χ1v) is 25.9. The fourth-order valence-corrected chi connectivity index (χ4v) is 13.2. The van der Waals surface area contributed by atoms with Gasteiger partial charge in [-0.05, 0) is 163 Å². The lowest BCUT2D eigenvalue weighted by Gasteiger charge is -2.24. The van der Waals surface area contributed by atoms with Gasteiger partial charge in [0.25, 0.3) is 0 Å². The lowest BCUT2D eigenvalue weighted by molar-refractivity contribution is 0.939. The molecule has 0 spiro atoms. The molecule has 2 aliphatic rings. The maximum absolute atomic E-state index is 2.55. The highest BCUT2D eigenvalue weighted by Gasteiger charge is 2.26. The standard InChI is InChI=1S/C69H52S/c1-3-16-46-21-15-28-55(54(46)4-2)69-60-26-13-11-24-58(60)66(59-25-12-14-27-61(59)69)48-33-31-47(32-34-48)64-39-40-65(70-64)51-37-38-62-63(43-51)68(53-36-30-45-18-6-8-20-50(45)42-53)57-23-10-9-22-56(57)67(62)52-35-29-44-17-5-7-19-49(44)41-52/h4-34,36-39,41-43,52,65H,3,35,40H2,1-2H3/b46-16-,54-4+. The molecule has 0 radical (unpaired) electrons. The lowest BCUT2D eigenvalue weighted by Crippen LogP contribution is -2.27. The topological polar surface area (TPSA) is 0 Å². The van der Waals surface area contributed by atoms with E-state index in [1.807, 2.05) is 11.8 Å². The van der Waals surface area contributed by atoms with Crippen molar-refractivity contribution in [3.8, 4) is 33.4 Å². The summed E-state index contributed by atoms with van der Waals surface area (Å²) in [5.74, 6) is 0.277. The second kappa shape index (κ2) is 17.7. The van der Waals surface area contributed by atoms with Gasteiger partial charge >= 0.3 is 0 Å². The lowest BCUT2D eigenvalue weighted by atomic mass is 9.80. The molecule has 0 amide bonds. The van der Waals surface area contributed by atoms with Crippen molar-refractivity contribution >= 4 is 94.8 Å². The van der Waals surface area contributed by atoms with Gasteiger partial charge in [0.15, 0.2) is 0 Å². The maximum Gasteiger partial charge on any atom is 0.0379 e. The molecule has 11 aromatic carbocycles. The molecule has 0 saturated carbocycles. The Labute approximate surface area is 414 Å². The Hall–Kier alpha value is -7.71. The Balaban J connectivity index is 0.890. The zero-order valence-electron chi connectivity index (χ0n) is 39.6. The molecule has 13 rings (SSSR count). The summed E-state index contributed by atoms with van der Waals surface area (Å²) < 4.78 is 0. The predicted molar refractivity (Wildman–Crippen MR) is 306 cm³/mol.